The lowest BCUT2D eigenvalue weighted by Gasteiger charge is -2.34. The average Bonchev–Trinajstić information content (AvgIpc) is 2.85. The van der Waals surface area contributed by atoms with Crippen LogP contribution >= 0.6 is 0 Å². The third-order valence-electron chi connectivity index (χ3n) is 6.06. The zero-order valence-corrected chi connectivity index (χ0v) is 19.1. The van der Waals surface area contributed by atoms with Crippen molar-refractivity contribution in [3.05, 3.63) is 96.3 Å². The third kappa shape index (κ3) is 5.60. The Bertz CT molecular complexity index is 1160. The van der Waals surface area contributed by atoms with Gasteiger partial charge in [0.15, 0.2) is 0 Å². The summed E-state index contributed by atoms with van der Waals surface area (Å²) in [6.07, 6.45) is 2.73. The van der Waals surface area contributed by atoms with Crippen molar-refractivity contribution in [2.75, 3.05) is 23.9 Å². The normalized spacial score (nSPS) is 14.8. The van der Waals surface area contributed by atoms with Crippen LogP contribution in [0.2, 0.25) is 0 Å². The maximum Gasteiger partial charge on any atom is 0.264 e. The van der Waals surface area contributed by atoms with Gasteiger partial charge in [0.1, 0.15) is 12.4 Å². The Morgan fingerprint density at radius 1 is 0.879 bits per heavy atom. The molecule has 3 aromatic rings. The summed E-state index contributed by atoms with van der Waals surface area (Å²) in [5.41, 5.74) is 1.55. The molecule has 0 N–H and O–H groups in total. The van der Waals surface area contributed by atoms with Crippen LogP contribution in [0, 0.1) is 11.7 Å². The number of likely N-dealkylation sites (tertiary alicyclic amines) is 1. The average molecular weight is 467 g/mol. The second-order valence-corrected chi connectivity index (χ2v) is 10.2. The molecule has 1 amide bonds. The molecule has 0 aromatic heterocycles. The molecular formula is C26H27FN2O3S. The lowest BCUT2D eigenvalue weighted by Crippen LogP contribution is -2.46. The molecule has 1 aliphatic rings. The van der Waals surface area contributed by atoms with E-state index in [0.29, 0.717) is 19.0 Å². The molecule has 1 saturated heterocycles. The first-order valence-electron chi connectivity index (χ1n) is 11.1. The number of carbonyl (C=O) groups is 1. The molecule has 7 heteroatoms. The van der Waals surface area contributed by atoms with Crippen LogP contribution in [0.1, 0.15) is 18.4 Å². The van der Waals surface area contributed by atoms with Crippen molar-refractivity contribution in [3.63, 3.8) is 0 Å². The predicted molar refractivity (Wildman–Crippen MR) is 127 cm³/mol. The highest BCUT2D eigenvalue weighted by atomic mass is 32.2. The van der Waals surface area contributed by atoms with E-state index < -0.39 is 15.8 Å². The van der Waals surface area contributed by atoms with E-state index in [1.54, 1.807) is 23.1 Å². The van der Waals surface area contributed by atoms with Crippen molar-refractivity contribution in [3.8, 4) is 0 Å². The van der Waals surface area contributed by atoms with Crippen molar-refractivity contribution in [1.82, 2.24) is 4.90 Å². The fourth-order valence-corrected chi connectivity index (χ4v) is 5.63. The second-order valence-electron chi connectivity index (χ2n) is 8.32. The molecule has 5 nitrogen and oxygen atoms in total. The van der Waals surface area contributed by atoms with Gasteiger partial charge in [0, 0.05) is 13.1 Å². The Hall–Kier alpha value is -3.19. The van der Waals surface area contributed by atoms with Crippen molar-refractivity contribution in [2.45, 2.75) is 24.2 Å². The molecule has 1 heterocycles. The zero-order chi connectivity index (χ0) is 23.3. The van der Waals surface area contributed by atoms with Gasteiger partial charge in [-0.15, -0.1) is 0 Å². The number of hydrogen-bond acceptors (Lipinski definition) is 3. The van der Waals surface area contributed by atoms with Crippen LogP contribution in [0.4, 0.5) is 10.1 Å². The molecule has 0 bridgehead atoms. The largest absolute Gasteiger partial charge is 0.341 e. The summed E-state index contributed by atoms with van der Waals surface area (Å²) in [7, 11) is -3.99. The number of anilines is 1. The summed E-state index contributed by atoms with van der Waals surface area (Å²) >= 11 is 0. The Kier molecular flexibility index (Phi) is 7.08. The number of benzene rings is 3. The number of nitrogens with zero attached hydrogens (tertiary/aromatic N) is 2. The lowest BCUT2D eigenvalue weighted by atomic mass is 9.90. The first-order chi connectivity index (χ1) is 15.9. The van der Waals surface area contributed by atoms with E-state index in [0.717, 1.165) is 23.6 Å². The van der Waals surface area contributed by atoms with Crippen molar-refractivity contribution >= 4 is 21.6 Å². The number of hydrogen-bond donors (Lipinski definition) is 0. The van der Waals surface area contributed by atoms with Gasteiger partial charge in [0.25, 0.3) is 10.0 Å². The summed E-state index contributed by atoms with van der Waals surface area (Å²) in [5.74, 6) is -0.225. The summed E-state index contributed by atoms with van der Waals surface area (Å²) in [6, 6.07) is 23.4. The minimum absolute atomic E-state index is 0.0868. The molecule has 0 atom stereocenters. The monoisotopic (exact) mass is 466 g/mol. The molecule has 172 valence electrons. The highest BCUT2D eigenvalue weighted by molar-refractivity contribution is 7.92. The van der Waals surface area contributed by atoms with Crippen LogP contribution in [0.25, 0.3) is 0 Å². The molecule has 3 aromatic carbocycles. The van der Waals surface area contributed by atoms with E-state index >= 15 is 0 Å². The third-order valence-corrected chi connectivity index (χ3v) is 7.85. The van der Waals surface area contributed by atoms with Gasteiger partial charge in [-0.05, 0) is 67.1 Å². The van der Waals surface area contributed by atoms with Gasteiger partial charge in [-0.3, -0.25) is 9.10 Å². The number of rotatable bonds is 7. The van der Waals surface area contributed by atoms with Gasteiger partial charge in [-0.2, -0.15) is 0 Å². The number of piperidine rings is 1. The molecule has 1 fully saturated rings. The summed E-state index contributed by atoms with van der Waals surface area (Å²) in [5, 5.41) is 0. The SMILES string of the molecule is O=C(CN(c1ccc(F)cc1)S(=O)(=O)c1ccccc1)N1CCC(Cc2ccccc2)CC1. The topological polar surface area (TPSA) is 57.7 Å². The molecule has 1 aliphatic heterocycles. The van der Waals surface area contributed by atoms with E-state index in [-0.39, 0.29) is 23.0 Å². The van der Waals surface area contributed by atoms with E-state index in [1.165, 1.54) is 42.0 Å². The molecule has 0 radical (unpaired) electrons. The smallest absolute Gasteiger partial charge is 0.264 e. The fraction of sp³-hybridized carbons (Fsp3) is 0.269. The zero-order valence-electron chi connectivity index (χ0n) is 18.3. The Morgan fingerprint density at radius 2 is 1.45 bits per heavy atom. The van der Waals surface area contributed by atoms with Gasteiger partial charge in [-0.25, -0.2) is 12.8 Å². The maximum absolute atomic E-state index is 13.5. The van der Waals surface area contributed by atoms with Crippen molar-refractivity contribution in [2.24, 2.45) is 5.92 Å². The number of sulfonamides is 1. The van der Waals surface area contributed by atoms with Gasteiger partial charge < -0.3 is 4.90 Å². The minimum atomic E-state index is -3.99. The number of halogens is 1. The quantitative estimate of drug-likeness (QED) is 0.515. The van der Waals surface area contributed by atoms with Gasteiger partial charge in [0.05, 0.1) is 10.6 Å². The van der Waals surface area contributed by atoms with Gasteiger partial charge in [0.2, 0.25) is 5.91 Å². The summed E-state index contributed by atoms with van der Waals surface area (Å²) in [4.78, 5) is 15.0. The maximum atomic E-state index is 13.5. The Balaban J connectivity index is 1.47. The molecule has 0 unspecified atom stereocenters. The van der Waals surface area contributed by atoms with Crippen LogP contribution in [0.5, 0.6) is 0 Å². The predicted octanol–water partition coefficient (Wildman–Crippen LogP) is 4.50. The van der Waals surface area contributed by atoms with Crippen molar-refractivity contribution < 1.29 is 17.6 Å². The molecule has 0 spiro atoms. The van der Waals surface area contributed by atoms with E-state index in [4.69, 9.17) is 0 Å². The van der Waals surface area contributed by atoms with Gasteiger partial charge >= 0.3 is 0 Å². The number of carbonyl (C=O) groups excluding carboxylic acids is 1. The van der Waals surface area contributed by atoms with Crippen LogP contribution in [-0.4, -0.2) is 38.9 Å². The minimum Gasteiger partial charge on any atom is -0.341 e. The lowest BCUT2D eigenvalue weighted by molar-refractivity contribution is -0.130. The van der Waals surface area contributed by atoms with Gasteiger partial charge in [-0.1, -0.05) is 48.5 Å². The Morgan fingerprint density at radius 3 is 2.06 bits per heavy atom. The van der Waals surface area contributed by atoms with Crippen molar-refractivity contribution in [1.29, 1.82) is 0 Å². The first kappa shape index (κ1) is 23.0. The van der Waals surface area contributed by atoms with E-state index in [1.807, 2.05) is 18.2 Å². The molecule has 33 heavy (non-hydrogen) atoms. The molecule has 0 saturated carbocycles. The summed E-state index contributed by atoms with van der Waals surface area (Å²) in [6.45, 7) is 0.865. The van der Waals surface area contributed by atoms with E-state index in [9.17, 15) is 17.6 Å². The van der Waals surface area contributed by atoms with Crippen LogP contribution in [-0.2, 0) is 21.2 Å². The first-order valence-corrected chi connectivity index (χ1v) is 12.5. The Labute approximate surface area is 194 Å². The highest BCUT2D eigenvalue weighted by Crippen LogP contribution is 2.26. The van der Waals surface area contributed by atoms with E-state index in [2.05, 4.69) is 12.1 Å². The fourth-order valence-electron chi connectivity index (χ4n) is 4.20. The van der Waals surface area contributed by atoms with Crippen LogP contribution in [0.3, 0.4) is 0 Å². The molecular weight excluding hydrogens is 439 g/mol. The highest BCUT2D eigenvalue weighted by Gasteiger charge is 2.30. The second kappa shape index (κ2) is 10.2. The summed E-state index contributed by atoms with van der Waals surface area (Å²) < 4.78 is 41.2. The standard InChI is InChI=1S/C26H27FN2O3S/c27-23-11-13-24(14-12-23)29(33(31,32)25-9-5-2-6-10-25)20-26(30)28-17-15-22(16-18-28)19-21-7-3-1-4-8-21/h1-14,22H,15-20H2. The molecule has 0 aliphatic carbocycles. The molecule has 4 rings (SSSR count). The van der Waals surface area contributed by atoms with Crippen LogP contribution < -0.4 is 4.31 Å². The number of amides is 1. The van der Waals surface area contributed by atoms with Crippen LogP contribution in [0.15, 0.2) is 89.8 Å².